The molecule has 4 heteroatoms. The molecule has 1 aliphatic rings. The highest BCUT2D eigenvalue weighted by atomic mass is 35.5. The van der Waals surface area contributed by atoms with Crippen LogP contribution in [0.15, 0.2) is 64.2 Å². The molecule has 0 amide bonds. The molecule has 32 heavy (non-hydrogen) atoms. The molecule has 1 unspecified atom stereocenters. The van der Waals surface area contributed by atoms with Crippen LogP contribution in [0.25, 0.3) is 27.1 Å². The molecule has 1 atom stereocenters. The standard InChI is InChI=1S/C28H25Cl2OSi/c1-15-14-21-24(28(32(4)5)27(30)25(21)26(29)17(15)3)23-19-9-7-6-8-18(19)11-12-20(23)22-13-10-16(2)31-22/h6-14,24H,1-5H3. The second-order valence-electron chi connectivity index (χ2n) is 8.92. The van der Waals surface area contributed by atoms with Crippen molar-refractivity contribution < 1.29 is 4.42 Å². The van der Waals surface area contributed by atoms with Gasteiger partial charge in [-0.15, -0.1) is 0 Å². The Morgan fingerprint density at radius 1 is 0.906 bits per heavy atom. The molecule has 0 spiro atoms. The lowest BCUT2D eigenvalue weighted by atomic mass is 9.84. The van der Waals surface area contributed by atoms with Crippen LogP contribution in [0, 0.1) is 20.8 Å². The summed E-state index contributed by atoms with van der Waals surface area (Å²) >= 11 is 14.0. The van der Waals surface area contributed by atoms with Gasteiger partial charge in [-0.25, -0.2) is 0 Å². The maximum Gasteiger partial charge on any atom is 0.134 e. The molecule has 0 saturated carbocycles. The summed E-state index contributed by atoms with van der Waals surface area (Å²) in [5.74, 6) is 1.86. The Kier molecular flexibility index (Phi) is 5.36. The lowest BCUT2D eigenvalue weighted by Crippen LogP contribution is -2.15. The number of aryl methyl sites for hydroxylation is 2. The monoisotopic (exact) mass is 475 g/mol. The van der Waals surface area contributed by atoms with Gasteiger partial charge < -0.3 is 4.42 Å². The van der Waals surface area contributed by atoms with E-state index in [-0.39, 0.29) is 5.92 Å². The van der Waals surface area contributed by atoms with E-state index in [1.807, 2.05) is 13.0 Å². The molecule has 1 radical (unpaired) electrons. The highest BCUT2D eigenvalue weighted by molar-refractivity contribution is 6.71. The fourth-order valence-corrected chi connectivity index (χ4v) is 7.70. The summed E-state index contributed by atoms with van der Waals surface area (Å²) in [4.78, 5) is 0. The summed E-state index contributed by atoms with van der Waals surface area (Å²) in [6, 6.07) is 19.4. The average Bonchev–Trinajstić information content (AvgIpc) is 3.32. The van der Waals surface area contributed by atoms with Gasteiger partial charge >= 0.3 is 0 Å². The van der Waals surface area contributed by atoms with Gasteiger partial charge in [0.2, 0.25) is 0 Å². The lowest BCUT2D eigenvalue weighted by molar-refractivity contribution is 0.548. The minimum absolute atomic E-state index is 0.0599. The lowest BCUT2D eigenvalue weighted by Gasteiger charge is -2.24. The minimum atomic E-state index is -0.867. The Morgan fingerprint density at radius 3 is 2.34 bits per heavy atom. The highest BCUT2D eigenvalue weighted by Crippen LogP contribution is 2.54. The van der Waals surface area contributed by atoms with Crippen LogP contribution in [0.3, 0.4) is 0 Å². The van der Waals surface area contributed by atoms with Gasteiger partial charge in [0.15, 0.2) is 0 Å². The number of allylic oxidation sites excluding steroid dienone is 1. The topological polar surface area (TPSA) is 13.1 Å². The average molecular weight is 476 g/mol. The van der Waals surface area contributed by atoms with Crippen molar-refractivity contribution in [2.24, 2.45) is 0 Å². The van der Waals surface area contributed by atoms with Crippen molar-refractivity contribution in [2.75, 3.05) is 0 Å². The number of benzene rings is 3. The summed E-state index contributed by atoms with van der Waals surface area (Å²) < 4.78 is 6.13. The third-order valence-electron chi connectivity index (χ3n) is 6.66. The van der Waals surface area contributed by atoms with Crippen molar-refractivity contribution in [1.29, 1.82) is 0 Å². The highest BCUT2D eigenvalue weighted by Gasteiger charge is 2.38. The molecule has 1 heterocycles. The summed E-state index contributed by atoms with van der Waals surface area (Å²) in [5, 5.41) is 5.39. The van der Waals surface area contributed by atoms with Crippen LogP contribution in [0.5, 0.6) is 0 Å². The Hall–Kier alpha value is -2.26. The van der Waals surface area contributed by atoms with Crippen molar-refractivity contribution in [3.63, 3.8) is 0 Å². The van der Waals surface area contributed by atoms with E-state index in [4.69, 9.17) is 27.6 Å². The van der Waals surface area contributed by atoms with Crippen molar-refractivity contribution in [3.05, 3.63) is 98.4 Å². The van der Waals surface area contributed by atoms with E-state index < -0.39 is 8.80 Å². The summed E-state index contributed by atoms with van der Waals surface area (Å²) in [6.45, 7) is 10.8. The molecule has 161 valence electrons. The molecule has 1 aliphatic carbocycles. The first-order valence-electron chi connectivity index (χ1n) is 10.9. The van der Waals surface area contributed by atoms with Crippen LogP contribution in [-0.4, -0.2) is 8.80 Å². The molecule has 5 rings (SSSR count). The van der Waals surface area contributed by atoms with Gasteiger partial charge in [-0.1, -0.05) is 84.0 Å². The number of hydrogen-bond acceptors (Lipinski definition) is 1. The molecule has 4 aromatic rings. The van der Waals surface area contributed by atoms with Crippen LogP contribution in [0.4, 0.5) is 0 Å². The fourth-order valence-electron chi connectivity index (χ4n) is 4.98. The fraction of sp³-hybridized carbons (Fsp3) is 0.214. The Labute approximate surface area is 201 Å². The van der Waals surface area contributed by atoms with E-state index >= 15 is 0 Å². The van der Waals surface area contributed by atoms with Gasteiger partial charge in [0.05, 0.1) is 13.8 Å². The minimum Gasteiger partial charge on any atom is -0.461 e. The van der Waals surface area contributed by atoms with Gasteiger partial charge in [-0.05, 0) is 65.9 Å². The third kappa shape index (κ3) is 3.20. The molecule has 0 fully saturated rings. The van der Waals surface area contributed by atoms with Gasteiger partial charge in [0.1, 0.15) is 11.5 Å². The first kappa shape index (κ1) is 21.6. The van der Waals surface area contributed by atoms with E-state index in [9.17, 15) is 0 Å². The zero-order chi connectivity index (χ0) is 22.7. The smallest absolute Gasteiger partial charge is 0.134 e. The first-order chi connectivity index (χ1) is 15.3. The first-order valence-corrected chi connectivity index (χ1v) is 14.1. The van der Waals surface area contributed by atoms with Crippen molar-refractivity contribution in [2.45, 2.75) is 39.8 Å². The van der Waals surface area contributed by atoms with Gasteiger partial charge in [-0.2, -0.15) is 0 Å². The largest absolute Gasteiger partial charge is 0.461 e. The number of furan rings is 1. The molecule has 0 aliphatic heterocycles. The van der Waals surface area contributed by atoms with E-state index in [0.29, 0.717) is 0 Å². The van der Waals surface area contributed by atoms with Gasteiger partial charge in [-0.3, -0.25) is 0 Å². The van der Waals surface area contributed by atoms with E-state index in [2.05, 4.69) is 75.5 Å². The predicted octanol–water partition coefficient (Wildman–Crippen LogP) is 9.07. The van der Waals surface area contributed by atoms with E-state index in [0.717, 1.165) is 38.3 Å². The third-order valence-corrected chi connectivity index (χ3v) is 9.30. The quantitative estimate of drug-likeness (QED) is 0.269. The Balaban J connectivity index is 1.92. The molecule has 0 bridgehead atoms. The van der Waals surface area contributed by atoms with Crippen LogP contribution in [-0.2, 0) is 0 Å². The normalized spacial score (nSPS) is 15.8. The van der Waals surface area contributed by atoms with Crippen LogP contribution in [0.2, 0.25) is 18.1 Å². The maximum atomic E-state index is 7.13. The van der Waals surface area contributed by atoms with Crippen LogP contribution >= 0.6 is 23.2 Å². The number of fused-ring (bicyclic) bond motifs is 2. The summed E-state index contributed by atoms with van der Waals surface area (Å²) in [7, 11) is -0.867. The van der Waals surface area contributed by atoms with E-state index in [1.54, 1.807) is 0 Å². The zero-order valence-electron chi connectivity index (χ0n) is 18.9. The Morgan fingerprint density at radius 2 is 1.66 bits per heavy atom. The second-order valence-corrected chi connectivity index (χ2v) is 12.2. The molecule has 0 saturated heterocycles. The van der Waals surface area contributed by atoms with Crippen LogP contribution < -0.4 is 0 Å². The molecular weight excluding hydrogens is 451 g/mol. The van der Waals surface area contributed by atoms with Crippen molar-refractivity contribution in [3.8, 4) is 11.3 Å². The van der Waals surface area contributed by atoms with Crippen molar-refractivity contribution >= 4 is 47.8 Å². The van der Waals surface area contributed by atoms with Gasteiger partial charge in [0, 0.05) is 22.1 Å². The predicted molar refractivity (Wildman–Crippen MR) is 139 cm³/mol. The molecule has 1 aromatic heterocycles. The molecule has 3 aromatic carbocycles. The van der Waals surface area contributed by atoms with Gasteiger partial charge in [0.25, 0.3) is 0 Å². The number of halogens is 2. The summed E-state index contributed by atoms with van der Waals surface area (Å²) in [5.41, 5.74) is 6.90. The zero-order valence-corrected chi connectivity index (χ0v) is 21.4. The number of rotatable bonds is 3. The maximum absolute atomic E-state index is 7.13. The van der Waals surface area contributed by atoms with E-state index in [1.165, 1.54) is 32.7 Å². The van der Waals surface area contributed by atoms with Crippen LogP contribution in [0.1, 0.15) is 39.5 Å². The second kappa shape index (κ2) is 7.95. The molecule has 0 N–H and O–H groups in total. The summed E-state index contributed by atoms with van der Waals surface area (Å²) in [6.07, 6.45) is 0. The molecular formula is C28H25Cl2OSi. The molecule has 1 nitrogen and oxygen atoms in total. The Bertz CT molecular complexity index is 1410. The SMILES string of the molecule is Cc1ccc(-c2ccc3ccccc3c2C2C([Si](C)C)=C(Cl)c3c2cc(C)c(C)c3Cl)o1. The van der Waals surface area contributed by atoms with Crippen molar-refractivity contribution in [1.82, 2.24) is 0 Å². The number of hydrogen-bond donors (Lipinski definition) is 0.